The highest BCUT2D eigenvalue weighted by Gasteiger charge is 2.31. The minimum Gasteiger partial charge on any atom is -0.426 e. The van der Waals surface area contributed by atoms with Crippen molar-refractivity contribution in [3.05, 3.63) is 29.8 Å². The second kappa shape index (κ2) is 5.27. The van der Waals surface area contributed by atoms with Crippen LogP contribution in [0.4, 0.5) is 18.0 Å². The van der Waals surface area contributed by atoms with Crippen LogP contribution in [0.3, 0.4) is 0 Å². The monoisotopic (exact) mass is 260 g/mol. The smallest absolute Gasteiger partial charge is 0.426 e. The molecule has 0 aliphatic carbocycles. The zero-order valence-corrected chi connectivity index (χ0v) is 8.77. The molecule has 18 heavy (non-hydrogen) atoms. The predicted molar refractivity (Wildman–Crippen MR) is 52.1 cm³/mol. The minimum absolute atomic E-state index is 0.186. The Balaban J connectivity index is 2.82. The van der Waals surface area contributed by atoms with Crippen molar-refractivity contribution in [2.45, 2.75) is 12.5 Å². The third-order valence-corrected chi connectivity index (χ3v) is 1.77. The number of ether oxygens (including phenoxy) is 2. The van der Waals surface area contributed by atoms with Crippen molar-refractivity contribution < 1.29 is 27.4 Å². The number of rotatable bonds is 3. The molecule has 1 rings (SSSR count). The number of alkyl halides is 3. The zero-order valence-electron chi connectivity index (χ0n) is 8.77. The highest BCUT2D eigenvalue weighted by Crippen LogP contribution is 2.25. The maximum absolute atomic E-state index is 11.9. The van der Waals surface area contributed by atoms with Gasteiger partial charge in [-0.1, -0.05) is 12.1 Å². The summed E-state index contributed by atoms with van der Waals surface area (Å²) < 4.78 is 43.7. The van der Waals surface area contributed by atoms with Gasteiger partial charge in [0.25, 0.3) is 0 Å². The van der Waals surface area contributed by atoms with Gasteiger partial charge in [0, 0.05) is 5.56 Å². The van der Waals surface area contributed by atoms with Gasteiger partial charge in [0.05, 0.1) is 0 Å². The molecular weight excluding hydrogens is 253 g/mol. The number of nitrogens with zero attached hydrogens (tertiary/aromatic N) is 1. The summed E-state index contributed by atoms with van der Waals surface area (Å²) in [5.41, 5.74) is 4.92. The highest BCUT2D eigenvalue weighted by atomic mass is 19.4. The number of nitriles is 1. The van der Waals surface area contributed by atoms with E-state index >= 15 is 0 Å². The molecule has 0 aliphatic heterocycles. The second-order valence-electron chi connectivity index (χ2n) is 3.06. The summed E-state index contributed by atoms with van der Waals surface area (Å²) in [6.07, 6.45) is -7.22. The first-order chi connectivity index (χ1) is 8.31. The van der Waals surface area contributed by atoms with Crippen LogP contribution in [0.25, 0.3) is 0 Å². The first-order valence-electron chi connectivity index (χ1n) is 4.53. The van der Waals surface area contributed by atoms with E-state index in [9.17, 15) is 18.0 Å². The minimum atomic E-state index is -4.79. The molecule has 8 heteroatoms. The summed E-state index contributed by atoms with van der Waals surface area (Å²) in [5, 5.41) is 8.69. The van der Waals surface area contributed by atoms with Gasteiger partial charge in [-0.2, -0.15) is 5.26 Å². The van der Waals surface area contributed by atoms with Gasteiger partial charge in [-0.05, 0) is 12.1 Å². The van der Waals surface area contributed by atoms with Gasteiger partial charge in [0.15, 0.2) is 0 Å². The first-order valence-corrected chi connectivity index (χ1v) is 4.53. The van der Waals surface area contributed by atoms with Gasteiger partial charge in [0.1, 0.15) is 11.8 Å². The number of primary amides is 1. The van der Waals surface area contributed by atoms with Crippen molar-refractivity contribution in [2.24, 2.45) is 5.73 Å². The molecule has 0 fully saturated rings. The van der Waals surface area contributed by atoms with E-state index in [1.165, 1.54) is 0 Å². The largest absolute Gasteiger partial charge is 0.573 e. The molecule has 0 aliphatic rings. The number of amides is 1. The Morgan fingerprint density at radius 1 is 1.33 bits per heavy atom. The molecule has 0 radical (unpaired) electrons. The molecule has 1 atom stereocenters. The summed E-state index contributed by atoms with van der Waals surface area (Å²) in [6, 6.07) is 5.96. The lowest BCUT2D eigenvalue weighted by Gasteiger charge is -2.11. The molecule has 2 N–H and O–H groups in total. The normalized spacial score (nSPS) is 12.3. The number of hydrogen-bond donors (Lipinski definition) is 1. The Morgan fingerprint density at radius 3 is 2.28 bits per heavy atom. The van der Waals surface area contributed by atoms with Gasteiger partial charge in [0.2, 0.25) is 6.10 Å². The third-order valence-electron chi connectivity index (χ3n) is 1.77. The van der Waals surface area contributed by atoms with Crippen LogP contribution in [0.5, 0.6) is 5.75 Å². The first kappa shape index (κ1) is 13.6. The molecule has 0 saturated carbocycles. The maximum Gasteiger partial charge on any atom is 0.573 e. The van der Waals surface area contributed by atoms with Crippen LogP contribution in [-0.4, -0.2) is 12.5 Å². The van der Waals surface area contributed by atoms with Gasteiger partial charge in [-0.3, -0.25) is 0 Å². The lowest BCUT2D eigenvalue weighted by atomic mass is 10.1. The van der Waals surface area contributed by atoms with Crippen LogP contribution in [0.2, 0.25) is 0 Å². The molecule has 1 aromatic carbocycles. The van der Waals surface area contributed by atoms with E-state index in [1.807, 2.05) is 0 Å². The molecule has 1 aromatic rings. The number of carbonyl (C=O) groups excluding carboxylic acids is 1. The average molecular weight is 260 g/mol. The van der Waals surface area contributed by atoms with E-state index in [0.29, 0.717) is 0 Å². The third kappa shape index (κ3) is 4.21. The molecule has 0 saturated heterocycles. The van der Waals surface area contributed by atoms with Crippen molar-refractivity contribution >= 4 is 6.09 Å². The summed E-state index contributed by atoms with van der Waals surface area (Å²) in [4.78, 5) is 10.5. The van der Waals surface area contributed by atoms with E-state index < -0.39 is 24.3 Å². The fourth-order valence-corrected chi connectivity index (χ4v) is 1.13. The van der Waals surface area contributed by atoms with E-state index in [1.54, 1.807) is 6.07 Å². The molecule has 1 unspecified atom stereocenters. The van der Waals surface area contributed by atoms with Crippen LogP contribution < -0.4 is 10.5 Å². The summed E-state index contributed by atoms with van der Waals surface area (Å²) >= 11 is 0. The molecule has 0 spiro atoms. The SMILES string of the molecule is N#CC(OC(N)=O)c1ccc(OC(F)(F)F)cc1. The van der Waals surface area contributed by atoms with Crippen LogP contribution in [0.15, 0.2) is 24.3 Å². The van der Waals surface area contributed by atoms with Crippen molar-refractivity contribution in [3.8, 4) is 11.8 Å². The molecule has 0 heterocycles. The van der Waals surface area contributed by atoms with E-state index in [2.05, 4.69) is 9.47 Å². The Bertz CT molecular complexity index is 465. The number of benzene rings is 1. The average Bonchev–Trinajstić information content (AvgIpc) is 2.24. The molecule has 96 valence electrons. The van der Waals surface area contributed by atoms with E-state index in [-0.39, 0.29) is 5.56 Å². The van der Waals surface area contributed by atoms with Crippen LogP contribution in [0, 0.1) is 11.3 Å². The van der Waals surface area contributed by atoms with Crippen LogP contribution in [0.1, 0.15) is 11.7 Å². The fraction of sp³-hybridized carbons (Fsp3) is 0.200. The van der Waals surface area contributed by atoms with Crippen molar-refractivity contribution in [3.63, 3.8) is 0 Å². The van der Waals surface area contributed by atoms with Gasteiger partial charge in [-0.15, -0.1) is 13.2 Å². The topological polar surface area (TPSA) is 85.3 Å². The zero-order chi connectivity index (χ0) is 13.8. The number of nitrogens with two attached hydrogens (primary N) is 1. The Labute approximate surface area is 99.5 Å². The Kier molecular flexibility index (Phi) is 3.99. The lowest BCUT2D eigenvalue weighted by molar-refractivity contribution is -0.274. The van der Waals surface area contributed by atoms with E-state index in [4.69, 9.17) is 11.0 Å². The predicted octanol–water partition coefficient (Wildman–Crippen LogP) is 2.25. The van der Waals surface area contributed by atoms with Crippen molar-refractivity contribution in [2.75, 3.05) is 0 Å². The summed E-state index contributed by atoms with van der Waals surface area (Å²) in [7, 11) is 0. The molecule has 5 nitrogen and oxygen atoms in total. The maximum atomic E-state index is 11.9. The Morgan fingerprint density at radius 2 is 1.89 bits per heavy atom. The molecule has 0 bridgehead atoms. The second-order valence-corrected chi connectivity index (χ2v) is 3.06. The number of carbonyl (C=O) groups is 1. The van der Waals surface area contributed by atoms with Gasteiger partial charge in [-0.25, -0.2) is 4.79 Å². The summed E-state index contributed by atoms with van der Waals surface area (Å²) in [6.45, 7) is 0. The molecular formula is C10H7F3N2O3. The summed E-state index contributed by atoms with van der Waals surface area (Å²) in [5.74, 6) is -0.443. The van der Waals surface area contributed by atoms with E-state index in [0.717, 1.165) is 24.3 Å². The Hall–Kier alpha value is -2.43. The standard InChI is InChI=1S/C10H7F3N2O3/c11-10(12,13)18-7-3-1-6(2-4-7)8(5-14)17-9(15)16/h1-4,8H,(H2,15,16). The van der Waals surface area contributed by atoms with Crippen LogP contribution >= 0.6 is 0 Å². The van der Waals surface area contributed by atoms with Crippen molar-refractivity contribution in [1.29, 1.82) is 5.26 Å². The fourth-order valence-electron chi connectivity index (χ4n) is 1.13. The van der Waals surface area contributed by atoms with Gasteiger partial charge < -0.3 is 15.2 Å². The molecule has 0 aromatic heterocycles. The number of hydrogen-bond acceptors (Lipinski definition) is 4. The highest BCUT2D eigenvalue weighted by molar-refractivity contribution is 5.65. The number of halogens is 3. The molecule has 1 amide bonds. The van der Waals surface area contributed by atoms with Crippen molar-refractivity contribution in [1.82, 2.24) is 0 Å². The lowest BCUT2D eigenvalue weighted by Crippen LogP contribution is -2.17. The van der Waals surface area contributed by atoms with Gasteiger partial charge >= 0.3 is 12.5 Å². The van der Waals surface area contributed by atoms with Crippen LogP contribution in [-0.2, 0) is 4.74 Å². The quantitative estimate of drug-likeness (QED) is 0.903.